The van der Waals surface area contributed by atoms with Crippen molar-refractivity contribution in [2.24, 2.45) is 0 Å². The summed E-state index contributed by atoms with van der Waals surface area (Å²) in [6.45, 7) is 6.94. The molecule has 15 heavy (non-hydrogen) atoms. The molecule has 2 nitrogen and oxygen atoms in total. The number of hydrazine groups is 1. The van der Waals surface area contributed by atoms with Gasteiger partial charge in [0.1, 0.15) is 0 Å². The monoisotopic (exact) mass is 212 g/mol. The summed E-state index contributed by atoms with van der Waals surface area (Å²) >= 11 is 0. The van der Waals surface area contributed by atoms with Crippen LogP contribution in [0.1, 0.15) is 65.2 Å². The molecule has 1 rings (SSSR count). The lowest BCUT2D eigenvalue weighted by atomic mass is 10.2. The molecule has 0 heterocycles. The summed E-state index contributed by atoms with van der Waals surface area (Å²) < 4.78 is 0. The van der Waals surface area contributed by atoms with Gasteiger partial charge in [0.2, 0.25) is 0 Å². The Kier molecular flexibility index (Phi) is 7.03. The number of hydrogen-bond acceptors (Lipinski definition) is 2. The molecule has 0 amide bonds. The summed E-state index contributed by atoms with van der Waals surface area (Å²) in [6.07, 6.45) is 10.9. The molecule has 0 saturated heterocycles. The second kappa shape index (κ2) is 8.12. The van der Waals surface area contributed by atoms with Crippen molar-refractivity contribution in [2.45, 2.75) is 71.3 Å². The van der Waals surface area contributed by atoms with Crippen LogP contribution in [0.3, 0.4) is 0 Å². The first-order chi connectivity index (χ1) is 7.38. The Hall–Kier alpha value is -0.0800. The maximum atomic E-state index is 3.63. The summed E-state index contributed by atoms with van der Waals surface area (Å²) in [5, 5.41) is 2.53. The second-order valence-electron chi connectivity index (χ2n) is 4.75. The minimum atomic E-state index is 0.827. The van der Waals surface area contributed by atoms with E-state index in [1.165, 1.54) is 57.9 Å². The van der Waals surface area contributed by atoms with Crippen LogP contribution >= 0.6 is 0 Å². The highest BCUT2D eigenvalue weighted by atomic mass is 15.5. The van der Waals surface area contributed by atoms with Crippen LogP contribution in [0.4, 0.5) is 0 Å². The van der Waals surface area contributed by atoms with Gasteiger partial charge in [-0.25, -0.2) is 5.01 Å². The van der Waals surface area contributed by atoms with Crippen LogP contribution in [0.5, 0.6) is 0 Å². The molecular formula is C13H28N2. The Morgan fingerprint density at radius 1 is 1.07 bits per heavy atom. The van der Waals surface area contributed by atoms with Crippen molar-refractivity contribution in [1.82, 2.24) is 10.4 Å². The van der Waals surface area contributed by atoms with Crippen LogP contribution in [0.15, 0.2) is 0 Å². The Labute approximate surface area is 95.4 Å². The van der Waals surface area contributed by atoms with Gasteiger partial charge >= 0.3 is 0 Å². The molecule has 1 fully saturated rings. The smallest absolute Gasteiger partial charge is 0.0243 e. The fraction of sp³-hybridized carbons (Fsp3) is 1.00. The van der Waals surface area contributed by atoms with E-state index in [4.69, 9.17) is 0 Å². The molecule has 1 N–H and O–H groups in total. The van der Waals surface area contributed by atoms with Crippen LogP contribution < -0.4 is 5.43 Å². The average molecular weight is 212 g/mol. The first-order valence-electron chi connectivity index (χ1n) is 6.88. The molecule has 90 valence electrons. The Bertz CT molecular complexity index is 141. The SMILES string of the molecule is CCCCNN(CCCC)C1CCCC1. The molecular weight excluding hydrogens is 184 g/mol. The molecule has 0 unspecified atom stereocenters. The number of rotatable bonds is 8. The lowest BCUT2D eigenvalue weighted by Gasteiger charge is -2.29. The summed E-state index contributed by atoms with van der Waals surface area (Å²) in [5.41, 5.74) is 3.63. The molecule has 1 saturated carbocycles. The normalized spacial score (nSPS) is 17.8. The lowest BCUT2D eigenvalue weighted by Crippen LogP contribution is -2.45. The Morgan fingerprint density at radius 2 is 1.73 bits per heavy atom. The molecule has 0 aliphatic heterocycles. The zero-order valence-corrected chi connectivity index (χ0v) is 10.6. The van der Waals surface area contributed by atoms with Gasteiger partial charge in [0, 0.05) is 19.1 Å². The summed E-state index contributed by atoms with van der Waals surface area (Å²) in [5.74, 6) is 0. The van der Waals surface area contributed by atoms with Gasteiger partial charge in [-0.05, 0) is 25.7 Å². The fourth-order valence-electron chi connectivity index (χ4n) is 2.33. The summed E-state index contributed by atoms with van der Waals surface area (Å²) in [6, 6.07) is 0.827. The summed E-state index contributed by atoms with van der Waals surface area (Å²) in [7, 11) is 0. The molecule has 0 bridgehead atoms. The first kappa shape index (κ1) is 13.0. The second-order valence-corrected chi connectivity index (χ2v) is 4.75. The van der Waals surface area contributed by atoms with Gasteiger partial charge in [0.25, 0.3) is 0 Å². The molecule has 0 radical (unpaired) electrons. The number of nitrogens with one attached hydrogen (secondary N) is 1. The van der Waals surface area contributed by atoms with E-state index in [0.29, 0.717) is 0 Å². The van der Waals surface area contributed by atoms with Crippen molar-refractivity contribution < 1.29 is 0 Å². The molecule has 1 aliphatic rings. The number of unbranched alkanes of at least 4 members (excludes halogenated alkanes) is 2. The highest BCUT2D eigenvalue weighted by molar-refractivity contribution is 4.75. The van der Waals surface area contributed by atoms with Gasteiger partial charge in [0.05, 0.1) is 0 Å². The van der Waals surface area contributed by atoms with E-state index in [1.54, 1.807) is 0 Å². The van der Waals surface area contributed by atoms with Crippen LogP contribution in [0.2, 0.25) is 0 Å². The van der Waals surface area contributed by atoms with Gasteiger partial charge in [-0.15, -0.1) is 0 Å². The van der Waals surface area contributed by atoms with E-state index in [2.05, 4.69) is 24.3 Å². The van der Waals surface area contributed by atoms with Gasteiger partial charge in [-0.2, -0.15) is 0 Å². The lowest BCUT2D eigenvalue weighted by molar-refractivity contribution is 0.123. The molecule has 0 spiro atoms. The zero-order chi connectivity index (χ0) is 10.9. The van der Waals surface area contributed by atoms with E-state index in [1.807, 2.05) is 0 Å². The molecule has 2 heteroatoms. The molecule has 0 aromatic heterocycles. The minimum absolute atomic E-state index is 0.827. The van der Waals surface area contributed by atoms with E-state index in [0.717, 1.165) is 12.6 Å². The van der Waals surface area contributed by atoms with Crippen LogP contribution in [-0.4, -0.2) is 24.1 Å². The Balaban J connectivity index is 2.23. The van der Waals surface area contributed by atoms with Crippen molar-refractivity contribution in [3.63, 3.8) is 0 Å². The van der Waals surface area contributed by atoms with Gasteiger partial charge < -0.3 is 0 Å². The fourth-order valence-corrected chi connectivity index (χ4v) is 2.33. The highest BCUT2D eigenvalue weighted by Crippen LogP contribution is 2.22. The number of nitrogens with zero attached hydrogens (tertiary/aromatic N) is 1. The Morgan fingerprint density at radius 3 is 2.33 bits per heavy atom. The van der Waals surface area contributed by atoms with Crippen LogP contribution in [0, 0.1) is 0 Å². The van der Waals surface area contributed by atoms with Gasteiger partial charge in [-0.1, -0.05) is 39.5 Å². The average Bonchev–Trinajstić information content (AvgIpc) is 2.76. The predicted octanol–water partition coefficient (Wildman–Crippen LogP) is 3.34. The minimum Gasteiger partial charge on any atom is -0.255 e. The maximum absolute atomic E-state index is 3.63. The van der Waals surface area contributed by atoms with Crippen molar-refractivity contribution in [2.75, 3.05) is 13.1 Å². The number of hydrogen-bond donors (Lipinski definition) is 1. The van der Waals surface area contributed by atoms with Gasteiger partial charge in [-0.3, -0.25) is 5.43 Å². The van der Waals surface area contributed by atoms with Crippen molar-refractivity contribution >= 4 is 0 Å². The van der Waals surface area contributed by atoms with E-state index in [-0.39, 0.29) is 0 Å². The van der Waals surface area contributed by atoms with Crippen molar-refractivity contribution in [3.8, 4) is 0 Å². The largest absolute Gasteiger partial charge is 0.255 e. The van der Waals surface area contributed by atoms with E-state index in [9.17, 15) is 0 Å². The van der Waals surface area contributed by atoms with E-state index < -0.39 is 0 Å². The third-order valence-corrected chi connectivity index (χ3v) is 3.36. The van der Waals surface area contributed by atoms with Crippen LogP contribution in [-0.2, 0) is 0 Å². The molecule has 0 aromatic carbocycles. The summed E-state index contributed by atoms with van der Waals surface area (Å²) in [4.78, 5) is 0. The van der Waals surface area contributed by atoms with Gasteiger partial charge in [0.15, 0.2) is 0 Å². The highest BCUT2D eigenvalue weighted by Gasteiger charge is 2.21. The molecule has 1 aliphatic carbocycles. The molecule has 0 atom stereocenters. The third kappa shape index (κ3) is 4.98. The van der Waals surface area contributed by atoms with Crippen molar-refractivity contribution in [3.05, 3.63) is 0 Å². The first-order valence-corrected chi connectivity index (χ1v) is 6.88. The topological polar surface area (TPSA) is 15.3 Å². The quantitative estimate of drug-likeness (QED) is 0.490. The zero-order valence-electron chi connectivity index (χ0n) is 10.6. The standard InChI is InChI=1S/C13H28N2/c1-3-5-11-14-15(12-6-4-2)13-9-7-8-10-13/h13-14H,3-12H2,1-2H3. The third-order valence-electron chi connectivity index (χ3n) is 3.36. The molecule has 0 aromatic rings. The van der Waals surface area contributed by atoms with Crippen LogP contribution in [0.25, 0.3) is 0 Å². The van der Waals surface area contributed by atoms with Crippen molar-refractivity contribution in [1.29, 1.82) is 0 Å². The van der Waals surface area contributed by atoms with E-state index >= 15 is 0 Å². The predicted molar refractivity (Wildman–Crippen MR) is 66.8 cm³/mol. The maximum Gasteiger partial charge on any atom is 0.0243 e.